The number of rotatable bonds is 4. The van der Waals surface area contributed by atoms with Crippen LogP contribution in [-0.4, -0.2) is 23.7 Å². The minimum Gasteiger partial charge on any atom is -0.506 e. The average Bonchev–Trinajstić information content (AvgIpc) is 2.21. The van der Waals surface area contributed by atoms with Gasteiger partial charge in [0.15, 0.2) is 0 Å². The van der Waals surface area contributed by atoms with Crippen LogP contribution in [0.1, 0.15) is 11.6 Å². The number of hydrogen-bond acceptors (Lipinski definition) is 3. The molecule has 4 nitrogen and oxygen atoms in total. The number of phenolic OH excluding ortho intramolecular Hbond substituents is 1. The smallest absolute Gasteiger partial charge is 0.401 e. The van der Waals surface area contributed by atoms with Crippen molar-refractivity contribution in [1.82, 2.24) is 5.32 Å². The number of aromatic hydroxyl groups is 1. The van der Waals surface area contributed by atoms with Crippen molar-refractivity contribution < 1.29 is 23.1 Å². The highest BCUT2D eigenvalue weighted by atomic mass is 35.5. The fourth-order valence-corrected chi connectivity index (χ4v) is 1.49. The zero-order valence-electron chi connectivity index (χ0n) is 8.96. The van der Waals surface area contributed by atoms with Crippen molar-refractivity contribution >= 4 is 17.5 Å². The molecule has 100 valence electrons. The number of nitrogens with two attached hydrogens (primary N) is 1. The van der Waals surface area contributed by atoms with Crippen LogP contribution < -0.4 is 11.1 Å². The molecule has 0 aliphatic rings. The summed E-state index contributed by atoms with van der Waals surface area (Å²) < 4.78 is 36.2. The van der Waals surface area contributed by atoms with E-state index >= 15 is 0 Å². The van der Waals surface area contributed by atoms with E-state index in [1.807, 2.05) is 5.32 Å². The first-order valence-corrected chi connectivity index (χ1v) is 5.16. The molecule has 0 bridgehead atoms. The molecule has 1 unspecified atom stereocenters. The summed E-state index contributed by atoms with van der Waals surface area (Å²) in [6.45, 7) is -1.36. The lowest BCUT2D eigenvalue weighted by molar-refractivity contribution is -0.130. The summed E-state index contributed by atoms with van der Waals surface area (Å²) in [4.78, 5) is 11.1. The van der Waals surface area contributed by atoms with Crippen molar-refractivity contribution in [1.29, 1.82) is 0 Å². The van der Waals surface area contributed by atoms with Crippen LogP contribution >= 0.6 is 11.6 Å². The number of hydrogen-bond donors (Lipinski definition) is 3. The first kappa shape index (κ1) is 14.6. The summed E-state index contributed by atoms with van der Waals surface area (Å²) in [6.07, 6.45) is -4.46. The highest BCUT2D eigenvalue weighted by molar-refractivity contribution is 6.32. The van der Waals surface area contributed by atoms with Gasteiger partial charge in [0.25, 0.3) is 0 Å². The molecule has 0 aliphatic carbocycles. The molecule has 0 heterocycles. The molecule has 0 spiro atoms. The Hall–Kier alpha value is -1.47. The van der Waals surface area contributed by atoms with E-state index in [4.69, 9.17) is 17.3 Å². The van der Waals surface area contributed by atoms with Gasteiger partial charge >= 0.3 is 6.18 Å². The molecule has 18 heavy (non-hydrogen) atoms. The number of primary amides is 1. The monoisotopic (exact) mass is 282 g/mol. The fourth-order valence-electron chi connectivity index (χ4n) is 1.30. The third-order valence-electron chi connectivity index (χ3n) is 2.10. The zero-order valence-corrected chi connectivity index (χ0v) is 9.72. The Kier molecular flexibility index (Phi) is 4.42. The predicted octanol–water partition coefficient (Wildman–Crippen LogP) is 1.72. The maximum absolute atomic E-state index is 12.1. The number of amides is 1. The van der Waals surface area contributed by atoms with Gasteiger partial charge in [-0.15, -0.1) is 0 Å². The highest BCUT2D eigenvalue weighted by Gasteiger charge is 2.30. The molecule has 0 fully saturated rings. The minimum atomic E-state index is -4.46. The molecule has 1 rings (SSSR count). The Morgan fingerprint density at radius 2 is 2.11 bits per heavy atom. The van der Waals surface area contributed by atoms with E-state index in [1.54, 1.807) is 0 Å². The van der Waals surface area contributed by atoms with Crippen LogP contribution in [0.4, 0.5) is 13.2 Å². The molecule has 4 N–H and O–H groups in total. The standard InChI is InChI=1S/C10H10ClF3N2O2/c11-6-3-5(1-2-7(6)17)8(9(15)18)16-4-10(12,13)14/h1-3,8,16-17H,4H2,(H2,15,18). The van der Waals surface area contributed by atoms with Gasteiger partial charge in [-0.25, -0.2) is 0 Å². The van der Waals surface area contributed by atoms with Crippen molar-refractivity contribution in [2.24, 2.45) is 5.73 Å². The second kappa shape index (κ2) is 5.45. The number of alkyl halides is 3. The average molecular weight is 283 g/mol. The van der Waals surface area contributed by atoms with E-state index in [2.05, 4.69) is 0 Å². The molecule has 1 atom stereocenters. The van der Waals surface area contributed by atoms with Gasteiger partial charge < -0.3 is 10.8 Å². The number of nitrogens with one attached hydrogen (secondary N) is 1. The summed E-state index contributed by atoms with van der Waals surface area (Å²) in [5.74, 6) is -1.21. The number of benzene rings is 1. The minimum absolute atomic E-state index is 0.0763. The predicted molar refractivity (Wildman–Crippen MR) is 59.1 cm³/mol. The van der Waals surface area contributed by atoms with E-state index in [1.165, 1.54) is 18.2 Å². The van der Waals surface area contributed by atoms with Gasteiger partial charge in [0.05, 0.1) is 11.6 Å². The number of carbonyl (C=O) groups excluding carboxylic acids is 1. The van der Waals surface area contributed by atoms with Crippen molar-refractivity contribution in [2.75, 3.05) is 6.54 Å². The first-order chi connectivity index (χ1) is 8.20. The van der Waals surface area contributed by atoms with E-state index in [9.17, 15) is 23.1 Å². The van der Waals surface area contributed by atoms with Crippen molar-refractivity contribution in [3.63, 3.8) is 0 Å². The Labute approximate surface area is 106 Å². The Balaban J connectivity index is 2.91. The van der Waals surface area contributed by atoms with Gasteiger partial charge in [-0.2, -0.15) is 13.2 Å². The molecule has 0 saturated carbocycles. The topological polar surface area (TPSA) is 75.4 Å². The molecule has 8 heteroatoms. The van der Waals surface area contributed by atoms with Gasteiger partial charge in [-0.3, -0.25) is 10.1 Å². The summed E-state index contributed by atoms with van der Waals surface area (Å²) in [7, 11) is 0. The van der Waals surface area contributed by atoms with Crippen LogP contribution in [0.15, 0.2) is 18.2 Å². The van der Waals surface area contributed by atoms with E-state index in [0.717, 1.165) is 0 Å². The third kappa shape index (κ3) is 4.08. The Morgan fingerprint density at radius 3 is 2.56 bits per heavy atom. The van der Waals surface area contributed by atoms with Crippen LogP contribution in [-0.2, 0) is 4.79 Å². The van der Waals surface area contributed by atoms with Crippen LogP contribution in [0.3, 0.4) is 0 Å². The lowest BCUT2D eigenvalue weighted by Gasteiger charge is -2.17. The molecule has 1 amide bonds. The summed E-state index contributed by atoms with van der Waals surface area (Å²) in [6, 6.07) is 2.28. The molecule has 0 aromatic heterocycles. The zero-order chi connectivity index (χ0) is 13.9. The normalized spacial score (nSPS) is 13.3. The molecular formula is C10H10ClF3N2O2. The molecule has 0 radical (unpaired) electrons. The highest BCUT2D eigenvalue weighted by Crippen LogP contribution is 2.27. The van der Waals surface area contributed by atoms with Crippen molar-refractivity contribution in [3.8, 4) is 5.75 Å². The second-order valence-electron chi connectivity index (χ2n) is 3.54. The van der Waals surface area contributed by atoms with E-state index in [0.29, 0.717) is 0 Å². The van der Waals surface area contributed by atoms with Gasteiger partial charge in [-0.1, -0.05) is 17.7 Å². The van der Waals surface area contributed by atoms with Gasteiger partial charge in [-0.05, 0) is 17.7 Å². The summed E-state index contributed by atoms with van der Waals surface area (Å²) in [5, 5.41) is 11.1. The van der Waals surface area contributed by atoms with Crippen molar-refractivity contribution in [2.45, 2.75) is 12.2 Å². The third-order valence-corrected chi connectivity index (χ3v) is 2.40. The van der Waals surface area contributed by atoms with Crippen LogP contribution in [0.2, 0.25) is 5.02 Å². The fraction of sp³-hybridized carbons (Fsp3) is 0.300. The molecule has 1 aromatic rings. The second-order valence-corrected chi connectivity index (χ2v) is 3.95. The summed E-state index contributed by atoms with van der Waals surface area (Å²) in [5.41, 5.74) is 5.16. The number of carbonyl (C=O) groups is 1. The molecule has 1 aromatic carbocycles. The quantitative estimate of drug-likeness (QED) is 0.787. The Bertz CT molecular complexity index is 451. The number of phenols is 1. The maximum atomic E-state index is 12.1. The van der Waals surface area contributed by atoms with Crippen molar-refractivity contribution in [3.05, 3.63) is 28.8 Å². The maximum Gasteiger partial charge on any atom is 0.401 e. The number of halogens is 4. The lowest BCUT2D eigenvalue weighted by atomic mass is 10.1. The molecular weight excluding hydrogens is 273 g/mol. The molecule has 0 aliphatic heterocycles. The van der Waals surface area contributed by atoms with E-state index in [-0.39, 0.29) is 16.3 Å². The van der Waals surface area contributed by atoms with Gasteiger partial charge in [0.1, 0.15) is 11.8 Å². The molecule has 0 saturated heterocycles. The van der Waals surface area contributed by atoms with Crippen LogP contribution in [0.25, 0.3) is 0 Å². The van der Waals surface area contributed by atoms with Gasteiger partial charge in [0.2, 0.25) is 5.91 Å². The lowest BCUT2D eigenvalue weighted by Crippen LogP contribution is -2.38. The Morgan fingerprint density at radius 1 is 1.50 bits per heavy atom. The largest absolute Gasteiger partial charge is 0.506 e. The SMILES string of the molecule is NC(=O)C(NCC(F)(F)F)c1ccc(O)c(Cl)c1. The first-order valence-electron chi connectivity index (χ1n) is 4.78. The summed E-state index contributed by atoms with van der Waals surface area (Å²) >= 11 is 5.60. The van der Waals surface area contributed by atoms with Crippen LogP contribution in [0.5, 0.6) is 5.75 Å². The van der Waals surface area contributed by atoms with E-state index < -0.39 is 24.7 Å². The van der Waals surface area contributed by atoms with Gasteiger partial charge in [0, 0.05) is 0 Å². The van der Waals surface area contributed by atoms with Crippen LogP contribution in [0, 0.1) is 0 Å².